The Morgan fingerprint density at radius 3 is 2.17 bits per heavy atom. The molecule has 0 atom stereocenters. The van der Waals surface area contributed by atoms with E-state index in [1.807, 2.05) is 30.9 Å². The molecule has 41 heavy (non-hydrogen) atoms. The average Bonchev–Trinajstić information content (AvgIpc) is 3.36. The smallest absolute Gasteiger partial charge is 0.323 e. The molecule has 0 spiro atoms. The summed E-state index contributed by atoms with van der Waals surface area (Å²) in [4.78, 5) is 22.4. The molecule has 1 fully saturated rings. The zero-order valence-electron chi connectivity index (χ0n) is 23.6. The summed E-state index contributed by atoms with van der Waals surface area (Å²) in [7, 11) is 0. The second-order valence-electron chi connectivity index (χ2n) is 10.6. The van der Waals surface area contributed by atoms with E-state index in [-0.39, 0.29) is 18.0 Å². The van der Waals surface area contributed by atoms with Crippen molar-refractivity contribution in [1.82, 2.24) is 14.8 Å². The maximum atomic E-state index is 13.5. The number of hydrogen-bond donors (Lipinski definition) is 1. The first-order valence-electron chi connectivity index (χ1n) is 14.2. The van der Waals surface area contributed by atoms with Crippen LogP contribution >= 0.6 is 22.9 Å². The van der Waals surface area contributed by atoms with Crippen molar-refractivity contribution in [2.24, 2.45) is 0 Å². The number of carbonyl (C=O) groups excluding carboxylic acids is 1. The maximum Gasteiger partial charge on any atom is 0.323 e. The quantitative estimate of drug-likeness (QED) is 0.206. The average molecular weight is 589 g/mol. The molecule has 4 aromatic rings. The fraction of sp³-hybridized carbons (Fsp3) is 0.333. The minimum Gasteiger partial charge on any atom is -0.379 e. The molecule has 0 aliphatic carbocycles. The third kappa shape index (κ3) is 7.74. The van der Waals surface area contributed by atoms with Crippen molar-refractivity contribution in [2.45, 2.75) is 38.8 Å². The number of benzene rings is 3. The van der Waals surface area contributed by atoms with Gasteiger partial charge in [0.05, 0.1) is 13.2 Å². The Balaban J connectivity index is 1.24. The van der Waals surface area contributed by atoms with Crippen LogP contribution in [0.4, 0.5) is 9.93 Å². The summed E-state index contributed by atoms with van der Waals surface area (Å²) < 4.78 is 6.01. The van der Waals surface area contributed by atoms with E-state index in [0.29, 0.717) is 21.7 Å². The molecule has 1 aliphatic heterocycles. The predicted octanol–water partition coefficient (Wildman–Crippen LogP) is 7.76. The number of nitrogens with one attached hydrogen (secondary N) is 1. The number of ether oxygens (including phenoxy) is 1. The summed E-state index contributed by atoms with van der Waals surface area (Å²) in [5, 5.41) is 3.52. The molecule has 0 unspecified atom stereocenters. The number of nitrogens with zero attached hydrogens (tertiary/aromatic N) is 3. The van der Waals surface area contributed by atoms with Crippen molar-refractivity contribution >= 4 is 34.1 Å². The van der Waals surface area contributed by atoms with Crippen LogP contribution in [0.3, 0.4) is 0 Å². The van der Waals surface area contributed by atoms with Gasteiger partial charge in [-0.1, -0.05) is 108 Å². The number of carbonyl (C=O) groups is 1. The van der Waals surface area contributed by atoms with Crippen LogP contribution in [0.5, 0.6) is 0 Å². The Kier molecular flexibility index (Phi) is 10.1. The van der Waals surface area contributed by atoms with Gasteiger partial charge in [0, 0.05) is 43.7 Å². The number of halogens is 1. The van der Waals surface area contributed by atoms with Crippen molar-refractivity contribution in [2.75, 3.05) is 38.2 Å². The minimum atomic E-state index is -0.169. The van der Waals surface area contributed by atoms with E-state index < -0.39 is 0 Å². The molecule has 0 bridgehead atoms. The van der Waals surface area contributed by atoms with Gasteiger partial charge in [-0.25, -0.2) is 9.78 Å². The number of anilines is 1. The Hall–Kier alpha value is -3.23. The van der Waals surface area contributed by atoms with Gasteiger partial charge in [0.1, 0.15) is 10.0 Å². The first-order valence-corrected chi connectivity index (χ1v) is 15.4. The number of thiazole rings is 1. The molecule has 2 amide bonds. The predicted molar refractivity (Wildman–Crippen MR) is 169 cm³/mol. The second-order valence-corrected chi connectivity index (χ2v) is 12.2. The van der Waals surface area contributed by atoms with Crippen molar-refractivity contribution in [3.8, 4) is 11.3 Å². The zero-order valence-corrected chi connectivity index (χ0v) is 25.2. The molecular weight excluding hydrogens is 552 g/mol. The van der Waals surface area contributed by atoms with Crippen LogP contribution < -0.4 is 5.32 Å². The fourth-order valence-corrected chi connectivity index (χ4v) is 6.32. The van der Waals surface area contributed by atoms with Crippen molar-refractivity contribution < 1.29 is 9.53 Å². The largest absolute Gasteiger partial charge is 0.379 e. The van der Waals surface area contributed by atoms with Crippen LogP contribution in [-0.2, 0) is 11.3 Å². The summed E-state index contributed by atoms with van der Waals surface area (Å²) in [5.74, 6) is 0.193. The van der Waals surface area contributed by atoms with Crippen molar-refractivity contribution in [3.63, 3.8) is 0 Å². The van der Waals surface area contributed by atoms with Crippen LogP contribution in [0.2, 0.25) is 4.34 Å². The summed E-state index contributed by atoms with van der Waals surface area (Å²) in [6.07, 6.45) is 0.806. The molecule has 5 rings (SSSR count). The molecule has 0 radical (unpaired) electrons. The fourth-order valence-electron chi connectivity index (χ4n) is 5.24. The number of aromatic nitrogens is 1. The van der Waals surface area contributed by atoms with Gasteiger partial charge < -0.3 is 9.64 Å². The van der Waals surface area contributed by atoms with Gasteiger partial charge in [-0.2, -0.15) is 0 Å². The first kappa shape index (κ1) is 29.3. The summed E-state index contributed by atoms with van der Waals surface area (Å²) >= 11 is 7.90. The molecule has 1 saturated heterocycles. The van der Waals surface area contributed by atoms with Crippen LogP contribution in [0.15, 0.2) is 84.9 Å². The Bertz CT molecular complexity index is 1350. The lowest BCUT2D eigenvalue weighted by molar-refractivity contribution is 0.0342. The highest BCUT2D eigenvalue weighted by Gasteiger charge is 2.23. The number of urea groups is 1. The summed E-state index contributed by atoms with van der Waals surface area (Å²) in [6.45, 7) is 9.07. The number of hydrogen-bond acceptors (Lipinski definition) is 5. The molecular formula is C33H37ClN4O2S. The van der Waals surface area contributed by atoms with Crippen LogP contribution in [0, 0.1) is 0 Å². The molecule has 6 nitrogen and oxygen atoms in total. The molecule has 8 heteroatoms. The maximum absolute atomic E-state index is 13.5. The van der Waals surface area contributed by atoms with Gasteiger partial charge in [0.15, 0.2) is 5.13 Å². The molecule has 1 N–H and O–H groups in total. The lowest BCUT2D eigenvalue weighted by atomic mass is 9.88. The molecule has 3 aromatic carbocycles. The minimum absolute atomic E-state index is 0.0242. The molecule has 1 aromatic heterocycles. The lowest BCUT2D eigenvalue weighted by Crippen LogP contribution is -2.41. The monoisotopic (exact) mass is 588 g/mol. The van der Waals surface area contributed by atoms with Gasteiger partial charge in [0.2, 0.25) is 0 Å². The lowest BCUT2D eigenvalue weighted by Gasteiger charge is -2.29. The topological polar surface area (TPSA) is 57.7 Å². The number of rotatable bonds is 10. The first-order chi connectivity index (χ1) is 20.0. The van der Waals surface area contributed by atoms with E-state index in [1.54, 1.807) is 0 Å². The molecule has 214 valence electrons. The van der Waals surface area contributed by atoms with E-state index >= 15 is 0 Å². The van der Waals surface area contributed by atoms with E-state index in [2.05, 4.69) is 83.0 Å². The van der Waals surface area contributed by atoms with Crippen molar-refractivity contribution in [3.05, 3.63) is 106 Å². The normalized spacial score (nSPS) is 14.0. The standard InChI is InChI=1S/C33H37ClN4O2S/c1-24(2)38(18-17-29(26-9-5-3-6-10-26)27-11-7-4-8-12-27)33(39)36-32-35-30(31(34)41-32)28-15-13-25(14-16-28)23-37-19-21-40-22-20-37/h3-16,24,29H,17-23H2,1-2H3,(H,35,36,39). The van der Waals surface area contributed by atoms with Gasteiger partial charge in [-0.05, 0) is 37.0 Å². The Morgan fingerprint density at radius 2 is 1.59 bits per heavy atom. The number of morpholine rings is 1. The van der Waals surface area contributed by atoms with Gasteiger partial charge in [0.25, 0.3) is 0 Å². The Labute approximate surface area is 251 Å². The van der Waals surface area contributed by atoms with E-state index in [0.717, 1.165) is 44.8 Å². The third-order valence-corrected chi connectivity index (χ3v) is 8.65. The molecule has 2 heterocycles. The SMILES string of the molecule is CC(C)N(CCC(c1ccccc1)c1ccccc1)C(=O)Nc1nc(-c2ccc(CN3CCOCC3)cc2)c(Cl)s1. The Morgan fingerprint density at radius 1 is 0.976 bits per heavy atom. The highest BCUT2D eigenvalue weighted by Crippen LogP contribution is 2.36. The highest BCUT2D eigenvalue weighted by atomic mass is 35.5. The van der Waals surface area contributed by atoms with Gasteiger partial charge in [-0.15, -0.1) is 0 Å². The van der Waals surface area contributed by atoms with E-state index in [1.165, 1.54) is 28.0 Å². The number of amides is 2. The molecule has 0 saturated carbocycles. The van der Waals surface area contributed by atoms with Crippen molar-refractivity contribution in [1.29, 1.82) is 0 Å². The van der Waals surface area contributed by atoms with Crippen LogP contribution in [0.1, 0.15) is 42.9 Å². The zero-order chi connectivity index (χ0) is 28.6. The summed E-state index contributed by atoms with van der Waals surface area (Å²) in [6, 6.07) is 29.2. The summed E-state index contributed by atoms with van der Waals surface area (Å²) in [5.41, 5.74) is 5.36. The van der Waals surface area contributed by atoms with Crippen LogP contribution in [-0.4, -0.2) is 59.7 Å². The van der Waals surface area contributed by atoms with Gasteiger partial charge in [-0.3, -0.25) is 10.2 Å². The van der Waals surface area contributed by atoms with E-state index in [4.69, 9.17) is 21.3 Å². The van der Waals surface area contributed by atoms with Crippen LogP contribution in [0.25, 0.3) is 11.3 Å². The third-order valence-electron chi connectivity index (χ3n) is 7.48. The van der Waals surface area contributed by atoms with E-state index in [9.17, 15) is 4.79 Å². The second kappa shape index (κ2) is 14.1. The molecule has 1 aliphatic rings. The van der Waals surface area contributed by atoms with Gasteiger partial charge >= 0.3 is 6.03 Å². The highest BCUT2D eigenvalue weighted by molar-refractivity contribution is 7.20.